The maximum atomic E-state index is 11.8. The molecule has 0 aromatic heterocycles. The first-order valence-corrected chi connectivity index (χ1v) is 6.35. The Morgan fingerprint density at radius 1 is 1.44 bits per heavy atom. The molecule has 4 heteroatoms. The van der Waals surface area contributed by atoms with Crippen LogP contribution in [0.2, 0.25) is 0 Å². The van der Waals surface area contributed by atoms with Crippen LogP contribution in [-0.2, 0) is 0 Å². The van der Waals surface area contributed by atoms with E-state index in [0.29, 0.717) is 0 Å². The monoisotopic (exact) mass is 227 g/mol. The smallest absolute Gasteiger partial charge is 0.317 e. The van der Waals surface area contributed by atoms with E-state index < -0.39 is 0 Å². The number of hydrogen-bond acceptors (Lipinski definition) is 2. The Labute approximate surface area is 98.8 Å². The van der Waals surface area contributed by atoms with E-state index in [4.69, 9.17) is 0 Å². The first-order valence-electron chi connectivity index (χ1n) is 6.35. The third-order valence-corrected chi connectivity index (χ3v) is 3.40. The van der Waals surface area contributed by atoms with Crippen LogP contribution in [0.25, 0.3) is 0 Å². The Balaban J connectivity index is 2.35. The average molecular weight is 227 g/mol. The highest BCUT2D eigenvalue weighted by Crippen LogP contribution is 2.24. The van der Waals surface area contributed by atoms with Crippen LogP contribution in [0.3, 0.4) is 0 Å². The second kappa shape index (κ2) is 6.09. The van der Waals surface area contributed by atoms with Crippen LogP contribution >= 0.6 is 0 Å². The quantitative estimate of drug-likeness (QED) is 0.763. The maximum absolute atomic E-state index is 11.8. The van der Waals surface area contributed by atoms with Gasteiger partial charge >= 0.3 is 6.03 Å². The predicted molar refractivity (Wildman–Crippen MR) is 66.5 cm³/mol. The van der Waals surface area contributed by atoms with E-state index in [1.165, 1.54) is 12.8 Å². The third-order valence-electron chi connectivity index (χ3n) is 3.40. The summed E-state index contributed by atoms with van der Waals surface area (Å²) < 4.78 is 0. The molecule has 1 heterocycles. The van der Waals surface area contributed by atoms with Gasteiger partial charge in [0.15, 0.2) is 0 Å². The molecule has 0 bridgehead atoms. The zero-order valence-electron chi connectivity index (χ0n) is 10.8. The number of urea groups is 1. The molecule has 0 aromatic carbocycles. The minimum Gasteiger partial charge on any atom is -0.337 e. The van der Waals surface area contributed by atoms with Crippen LogP contribution < -0.4 is 10.6 Å². The highest BCUT2D eigenvalue weighted by molar-refractivity contribution is 5.74. The van der Waals surface area contributed by atoms with Crippen LogP contribution in [-0.4, -0.2) is 43.7 Å². The lowest BCUT2D eigenvalue weighted by Crippen LogP contribution is -2.48. The Hall–Kier alpha value is -0.770. The van der Waals surface area contributed by atoms with Crippen molar-refractivity contribution in [2.45, 2.75) is 33.6 Å². The van der Waals surface area contributed by atoms with Gasteiger partial charge in [0.1, 0.15) is 0 Å². The van der Waals surface area contributed by atoms with Gasteiger partial charge in [-0.15, -0.1) is 0 Å². The molecule has 94 valence electrons. The molecular formula is C12H25N3O. The lowest BCUT2D eigenvalue weighted by Gasteiger charge is -2.34. The molecular weight excluding hydrogens is 202 g/mol. The summed E-state index contributed by atoms with van der Waals surface area (Å²) >= 11 is 0. The number of rotatable bonds is 4. The maximum Gasteiger partial charge on any atom is 0.317 e. The summed E-state index contributed by atoms with van der Waals surface area (Å²) in [6.45, 7) is 10.7. The van der Waals surface area contributed by atoms with Crippen molar-refractivity contribution in [2.24, 2.45) is 5.41 Å². The van der Waals surface area contributed by atoms with Gasteiger partial charge in [-0.1, -0.05) is 6.92 Å². The Kier molecular flexibility index (Phi) is 5.06. The van der Waals surface area contributed by atoms with Crippen molar-refractivity contribution in [1.29, 1.82) is 0 Å². The molecule has 2 N–H and O–H groups in total. The molecule has 1 fully saturated rings. The lowest BCUT2D eigenvalue weighted by molar-refractivity contribution is 0.185. The van der Waals surface area contributed by atoms with Crippen LogP contribution in [0.5, 0.6) is 0 Å². The number of hydrogen-bond donors (Lipinski definition) is 2. The van der Waals surface area contributed by atoms with Crippen LogP contribution in [0, 0.1) is 5.41 Å². The highest BCUT2D eigenvalue weighted by atomic mass is 16.2. The first-order chi connectivity index (χ1) is 7.61. The van der Waals surface area contributed by atoms with Gasteiger partial charge in [0.2, 0.25) is 0 Å². The van der Waals surface area contributed by atoms with Gasteiger partial charge in [-0.05, 0) is 38.6 Å². The van der Waals surface area contributed by atoms with Crippen molar-refractivity contribution in [3.63, 3.8) is 0 Å². The van der Waals surface area contributed by atoms with E-state index in [1.807, 2.05) is 18.7 Å². The van der Waals surface area contributed by atoms with Crippen LogP contribution in [0.1, 0.15) is 33.6 Å². The number of amides is 2. The minimum absolute atomic E-state index is 0.0665. The fourth-order valence-electron chi connectivity index (χ4n) is 2.18. The molecule has 0 aliphatic carbocycles. The average Bonchev–Trinajstić information content (AvgIpc) is 2.29. The van der Waals surface area contributed by atoms with Gasteiger partial charge in [-0.25, -0.2) is 4.79 Å². The summed E-state index contributed by atoms with van der Waals surface area (Å²) in [6, 6.07) is 0.0665. The topological polar surface area (TPSA) is 44.4 Å². The highest BCUT2D eigenvalue weighted by Gasteiger charge is 2.27. The predicted octanol–water partition coefficient (Wildman–Crippen LogP) is 1.43. The second-order valence-electron chi connectivity index (χ2n) is 4.92. The van der Waals surface area contributed by atoms with Crippen molar-refractivity contribution in [3.05, 3.63) is 0 Å². The van der Waals surface area contributed by atoms with Gasteiger partial charge in [-0.2, -0.15) is 0 Å². The molecule has 16 heavy (non-hydrogen) atoms. The summed E-state index contributed by atoms with van der Waals surface area (Å²) in [5, 5.41) is 6.43. The zero-order valence-corrected chi connectivity index (χ0v) is 10.8. The standard InChI is InChI=1S/C12H25N3O/c1-4-15(5-2)11(16)14-10-12(3)7-6-8-13-9-12/h13H,4-10H2,1-3H3,(H,14,16). The largest absolute Gasteiger partial charge is 0.337 e. The molecule has 0 spiro atoms. The van der Waals surface area contributed by atoms with E-state index in [1.54, 1.807) is 0 Å². The molecule has 0 aromatic rings. The van der Waals surface area contributed by atoms with Crippen molar-refractivity contribution < 1.29 is 4.79 Å². The Morgan fingerprint density at radius 2 is 2.12 bits per heavy atom. The van der Waals surface area contributed by atoms with Gasteiger partial charge in [0, 0.05) is 26.2 Å². The molecule has 1 saturated heterocycles. The van der Waals surface area contributed by atoms with Gasteiger partial charge in [-0.3, -0.25) is 0 Å². The lowest BCUT2D eigenvalue weighted by atomic mass is 9.83. The summed E-state index contributed by atoms with van der Waals surface area (Å²) in [5.74, 6) is 0. The molecule has 1 aliphatic rings. The normalized spacial score (nSPS) is 25.2. The molecule has 1 atom stereocenters. The van der Waals surface area contributed by atoms with Crippen LogP contribution in [0.15, 0.2) is 0 Å². The Bertz CT molecular complexity index is 220. The van der Waals surface area contributed by atoms with E-state index >= 15 is 0 Å². The molecule has 1 aliphatic heterocycles. The molecule has 2 amide bonds. The molecule has 1 unspecified atom stereocenters. The number of nitrogens with zero attached hydrogens (tertiary/aromatic N) is 1. The fraction of sp³-hybridized carbons (Fsp3) is 0.917. The Morgan fingerprint density at radius 3 is 2.62 bits per heavy atom. The van der Waals surface area contributed by atoms with E-state index in [9.17, 15) is 4.79 Å². The van der Waals surface area contributed by atoms with E-state index in [-0.39, 0.29) is 11.4 Å². The minimum atomic E-state index is 0.0665. The van der Waals surface area contributed by atoms with Crippen molar-refractivity contribution in [1.82, 2.24) is 15.5 Å². The van der Waals surface area contributed by atoms with Gasteiger partial charge in [0.05, 0.1) is 0 Å². The van der Waals surface area contributed by atoms with E-state index in [0.717, 1.165) is 32.7 Å². The summed E-state index contributed by atoms with van der Waals surface area (Å²) in [4.78, 5) is 13.6. The van der Waals surface area contributed by atoms with Crippen molar-refractivity contribution in [3.8, 4) is 0 Å². The number of carbonyl (C=O) groups is 1. The van der Waals surface area contributed by atoms with Crippen LogP contribution in [0.4, 0.5) is 4.79 Å². The molecule has 1 rings (SSSR count). The third kappa shape index (κ3) is 3.67. The second-order valence-corrected chi connectivity index (χ2v) is 4.92. The van der Waals surface area contributed by atoms with Crippen molar-refractivity contribution in [2.75, 3.05) is 32.7 Å². The number of nitrogens with one attached hydrogen (secondary N) is 2. The fourth-order valence-corrected chi connectivity index (χ4v) is 2.18. The van der Waals surface area contributed by atoms with E-state index in [2.05, 4.69) is 17.6 Å². The molecule has 4 nitrogen and oxygen atoms in total. The van der Waals surface area contributed by atoms with Gasteiger partial charge < -0.3 is 15.5 Å². The van der Waals surface area contributed by atoms with Crippen molar-refractivity contribution >= 4 is 6.03 Å². The molecule has 0 saturated carbocycles. The summed E-state index contributed by atoms with van der Waals surface area (Å²) in [5.41, 5.74) is 0.223. The number of piperidine rings is 1. The summed E-state index contributed by atoms with van der Waals surface area (Å²) in [6.07, 6.45) is 2.40. The SMILES string of the molecule is CCN(CC)C(=O)NCC1(C)CCCNC1. The first kappa shape index (κ1) is 13.3. The number of carbonyl (C=O) groups excluding carboxylic acids is 1. The van der Waals surface area contributed by atoms with Gasteiger partial charge in [0.25, 0.3) is 0 Å². The zero-order chi connectivity index (χ0) is 12.0. The summed E-state index contributed by atoms with van der Waals surface area (Å²) in [7, 11) is 0. The molecule has 0 radical (unpaired) electrons.